The summed E-state index contributed by atoms with van der Waals surface area (Å²) in [6.45, 7) is 8.81. The summed E-state index contributed by atoms with van der Waals surface area (Å²) in [7, 11) is 0. The first kappa shape index (κ1) is 10.0. The van der Waals surface area contributed by atoms with Gasteiger partial charge in [0.15, 0.2) is 0 Å². The van der Waals surface area contributed by atoms with E-state index in [9.17, 15) is 4.79 Å². The van der Waals surface area contributed by atoms with E-state index in [1.54, 1.807) is 6.08 Å². The van der Waals surface area contributed by atoms with Crippen LogP contribution in [0.25, 0.3) is 0 Å². The lowest BCUT2D eigenvalue weighted by molar-refractivity contribution is 0.240. The van der Waals surface area contributed by atoms with Crippen molar-refractivity contribution in [2.45, 2.75) is 13.8 Å². The lowest BCUT2D eigenvalue weighted by Gasteiger charge is -2.07. The third-order valence-electron chi connectivity index (χ3n) is 1.08. The van der Waals surface area contributed by atoms with E-state index in [2.05, 4.69) is 17.2 Å². The second kappa shape index (κ2) is 5.77. The maximum absolute atomic E-state index is 10.8. The predicted octanol–water partition coefficient (Wildman–Crippen LogP) is 1.24. The molecule has 0 radical (unpaired) electrons. The highest BCUT2D eigenvalue weighted by molar-refractivity contribution is 5.73. The van der Waals surface area contributed by atoms with E-state index in [0.29, 0.717) is 19.0 Å². The third kappa shape index (κ3) is 6.90. The van der Waals surface area contributed by atoms with Crippen LogP contribution in [0.15, 0.2) is 12.7 Å². The molecular formula is C8H17N2O+. The highest BCUT2D eigenvalue weighted by Crippen LogP contribution is 1.85. The molecule has 11 heavy (non-hydrogen) atoms. The number of carbonyl (C=O) groups is 1. The molecule has 0 aromatic rings. The van der Waals surface area contributed by atoms with Crippen molar-refractivity contribution >= 4 is 6.03 Å². The van der Waals surface area contributed by atoms with E-state index < -0.39 is 0 Å². The molecule has 2 N–H and O–H groups in total. The average Bonchev–Trinajstić information content (AvgIpc) is 1.97. The SMILES string of the molecule is C=CCNC(=O)NCC(C)C.[H+]. The zero-order chi connectivity index (χ0) is 8.69. The normalized spacial score (nSPS) is 9.36. The van der Waals surface area contributed by atoms with Crippen molar-refractivity contribution in [2.75, 3.05) is 13.1 Å². The zero-order valence-corrected chi connectivity index (χ0v) is 7.18. The number of nitrogens with one attached hydrogen (secondary N) is 2. The Bertz CT molecular complexity index is 137. The lowest BCUT2D eigenvalue weighted by atomic mass is 10.2. The van der Waals surface area contributed by atoms with Crippen LogP contribution in [0.4, 0.5) is 4.79 Å². The van der Waals surface area contributed by atoms with Gasteiger partial charge in [-0.3, -0.25) is 0 Å². The van der Waals surface area contributed by atoms with Gasteiger partial charge in [-0.2, -0.15) is 0 Å². The molecule has 0 atom stereocenters. The van der Waals surface area contributed by atoms with Gasteiger partial charge in [0.1, 0.15) is 0 Å². The monoisotopic (exact) mass is 157 g/mol. The maximum atomic E-state index is 10.8. The summed E-state index contributed by atoms with van der Waals surface area (Å²) in [5.41, 5.74) is 0. The summed E-state index contributed by atoms with van der Waals surface area (Å²) in [6, 6.07) is -0.126. The highest BCUT2D eigenvalue weighted by atomic mass is 16.2. The fraction of sp³-hybridized carbons (Fsp3) is 0.625. The molecule has 2 amide bonds. The minimum Gasteiger partial charge on any atom is -0.338 e. The zero-order valence-electron chi connectivity index (χ0n) is 8.18. The topological polar surface area (TPSA) is 41.1 Å². The van der Waals surface area contributed by atoms with Gasteiger partial charge in [0.25, 0.3) is 0 Å². The molecule has 64 valence electrons. The molecule has 0 fully saturated rings. The van der Waals surface area contributed by atoms with Crippen LogP contribution < -0.4 is 10.6 Å². The molecule has 0 aromatic carbocycles. The van der Waals surface area contributed by atoms with Crippen LogP contribution in [0, 0.1) is 5.92 Å². The Morgan fingerprint density at radius 1 is 1.64 bits per heavy atom. The third-order valence-corrected chi connectivity index (χ3v) is 1.08. The number of hydrogen-bond donors (Lipinski definition) is 2. The van der Waals surface area contributed by atoms with Crippen molar-refractivity contribution in [3.8, 4) is 0 Å². The Hall–Kier alpha value is -0.990. The van der Waals surface area contributed by atoms with E-state index in [0.717, 1.165) is 0 Å². The van der Waals surface area contributed by atoms with Crippen molar-refractivity contribution in [1.82, 2.24) is 10.6 Å². The van der Waals surface area contributed by atoms with Crippen LogP contribution in [-0.4, -0.2) is 19.1 Å². The minimum atomic E-state index is -0.126. The van der Waals surface area contributed by atoms with Crippen LogP contribution >= 0.6 is 0 Å². The molecule has 0 aliphatic carbocycles. The lowest BCUT2D eigenvalue weighted by Crippen LogP contribution is -2.37. The minimum absolute atomic E-state index is 0. The molecule has 0 bridgehead atoms. The van der Waals surface area contributed by atoms with Crippen molar-refractivity contribution in [1.29, 1.82) is 0 Å². The standard InChI is InChI=1S/C8H16N2O/c1-4-5-9-8(11)10-6-7(2)3/h4,7H,1,5-6H2,2-3H3,(H2,9,10,11)/p+1. The van der Waals surface area contributed by atoms with Gasteiger partial charge in [0.05, 0.1) is 0 Å². The van der Waals surface area contributed by atoms with Gasteiger partial charge in [-0.1, -0.05) is 19.9 Å². The highest BCUT2D eigenvalue weighted by Gasteiger charge is 1.97. The molecule has 3 nitrogen and oxygen atoms in total. The van der Waals surface area contributed by atoms with E-state index >= 15 is 0 Å². The molecule has 0 unspecified atom stereocenters. The van der Waals surface area contributed by atoms with Gasteiger partial charge in [0, 0.05) is 13.1 Å². The number of urea groups is 1. The number of hydrogen-bond acceptors (Lipinski definition) is 1. The molecule has 0 rings (SSSR count). The Balaban J connectivity index is 0. The Kier molecular flexibility index (Phi) is 5.25. The second-order valence-corrected chi connectivity index (χ2v) is 2.77. The maximum Gasteiger partial charge on any atom is 1.00 e. The molecule has 0 saturated carbocycles. The van der Waals surface area contributed by atoms with Crippen LogP contribution in [0.5, 0.6) is 0 Å². The Morgan fingerprint density at radius 2 is 2.27 bits per heavy atom. The fourth-order valence-corrected chi connectivity index (χ4v) is 0.524. The Labute approximate surface area is 69.4 Å². The van der Waals surface area contributed by atoms with Gasteiger partial charge in [0.2, 0.25) is 0 Å². The second-order valence-electron chi connectivity index (χ2n) is 2.77. The summed E-state index contributed by atoms with van der Waals surface area (Å²) in [6.07, 6.45) is 1.65. The van der Waals surface area contributed by atoms with Gasteiger partial charge in [-0.25, -0.2) is 4.79 Å². The van der Waals surface area contributed by atoms with Crippen LogP contribution in [0.1, 0.15) is 15.3 Å². The van der Waals surface area contributed by atoms with Crippen LogP contribution in [0.3, 0.4) is 0 Å². The molecule has 0 spiro atoms. The van der Waals surface area contributed by atoms with E-state index in [1.165, 1.54) is 0 Å². The molecule has 0 aliphatic heterocycles. The number of amides is 2. The first-order valence-corrected chi connectivity index (χ1v) is 3.79. The first-order valence-electron chi connectivity index (χ1n) is 3.79. The van der Waals surface area contributed by atoms with Gasteiger partial charge in [-0.05, 0) is 5.92 Å². The van der Waals surface area contributed by atoms with E-state index in [1.807, 2.05) is 13.8 Å². The summed E-state index contributed by atoms with van der Waals surface area (Å²) >= 11 is 0. The van der Waals surface area contributed by atoms with Gasteiger partial charge >= 0.3 is 7.46 Å². The number of rotatable bonds is 4. The van der Waals surface area contributed by atoms with Crippen molar-refractivity contribution < 1.29 is 6.22 Å². The summed E-state index contributed by atoms with van der Waals surface area (Å²) in [5.74, 6) is 0.490. The molecule has 0 aromatic heterocycles. The molecule has 0 aliphatic rings. The molecule has 3 heteroatoms. The summed E-state index contributed by atoms with van der Waals surface area (Å²) in [4.78, 5) is 10.8. The number of carbonyl (C=O) groups excluding carboxylic acids is 1. The largest absolute Gasteiger partial charge is 1.00 e. The smallest absolute Gasteiger partial charge is 0.338 e. The molecule has 0 saturated heterocycles. The van der Waals surface area contributed by atoms with Crippen molar-refractivity contribution in [3.63, 3.8) is 0 Å². The van der Waals surface area contributed by atoms with Gasteiger partial charge < -0.3 is 10.6 Å². The van der Waals surface area contributed by atoms with Crippen LogP contribution in [-0.2, 0) is 0 Å². The fourth-order valence-electron chi connectivity index (χ4n) is 0.524. The van der Waals surface area contributed by atoms with Crippen molar-refractivity contribution in [3.05, 3.63) is 12.7 Å². The van der Waals surface area contributed by atoms with Crippen molar-refractivity contribution in [2.24, 2.45) is 5.92 Å². The van der Waals surface area contributed by atoms with E-state index in [-0.39, 0.29) is 7.46 Å². The quantitative estimate of drug-likeness (QED) is 0.592. The van der Waals surface area contributed by atoms with E-state index in [4.69, 9.17) is 0 Å². The predicted molar refractivity (Wildman–Crippen MR) is 47.5 cm³/mol. The Morgan fingerprint density at radius 3 is 2.73 bits per heavy atom. The molecular weight excluding hydrogens is 140 g/mol. The molecule has 0 heterocycles. The first-order chi connectivity index (χ1) is 5.16. The van der Waals surface area contributed by atoms with Crippen LogP contribution in [0.2, 0.25) is 0 Å². The van der Waals surface area contributed by atoms with Gasteiger partial charge in [-0.15, -0.1) is 6.58 Å². The summed E-state index contributed by atoms with van der Waals surface area (Å²) in [5, 5.41) is 5.34. The summed E-state index contributed by atoms with van der Waals surface area (Å²) < 4.78 is 0. The average molecular weight is 157 g/mol.